The number of carbonyl (C=O) groups excluding carboxylic acids is 1. The van der Waals surface area contributed by atoms with Gasteiger partial charge in [-0.1, -0.05) is 0 Å². The van der Waals surface area contributed by atoms with E-state index >= 15 is 0 Å². The number of aliphatic hydroxyl groups excluding tert-OH is 1. The van der Waals surface area contributed by atoms with Crippen molar-refractivity contribution in [3.05, 3.63) is 10.2 Å². The average molecular weight is 489 g/mol. The molecule has 0 aliphatic heterocycles. The Hall–Kier alpha value is -0.0313. The van der Waals surface area contributed by atoms with Crippen molar-refractivity contribution in [1.82, 2.24) is 0 Å². The molecule has 0 spiro atoms. The number of hydrogen-bond donors (Lipinski definition) is 1. The van der Waals surface area contributed by atoms with Gasteiger partial charge in [-0.15, -0.1) is 0 Å². The normalized spacial score (nSPS) is 13.9. The Morgan fingerprint density at radius 2 is 1.44 bits per heavy atom. The van der Waals surface area contributed by atoms with Crippen LogP contribution in [0.15, 0.2) is 10.2 Å². The second-order valence-corrected chi connectivity index (χ2v) is 22.1. The molecule has 0 aromatic rings. The van der Waals surface area contributed by atoms with E-state index in [0.717, 1.165) is 0 Å². The van der Waals surface area contributed by atoms with Crippen molar-refractivity contribution in [3.63, 3.8) is 0 Å². The Morgan fingerprint density at radius 3 is 1.85 bits per heavy atom. The molecular formula is C23H46O3Sn. The van der Waals surface area contributed by atoms with Crippen LogP contribution in [0.25, 0.3) is 0 Å². The molecule has 160 valence electrons. The number of hydrogen-bond acceptors (Lipinski definition) is 3. The third kappa shape index (κ3) is 12.9. The first-order valence-corrected chi connectivity index (χ1v) is 19.0. The van der Waals surface area contributed by atoms with E-state index < -0.39 is 29.9 Å². The number of unbranched alkanes of at least 4 members (excludes halogenated alkanes) is 3. The molecular weight excluding hydrogens is 443 g/mol. The molecule has 0 aliphatic carbocycles. The van der Waals surface area contributed by atoms with Crippen LogP contribution in [0.1, 0.15) is 92.9 Å². The van der Waals surface area contributed by atoms with E-state index in [4.69, 9.17) is 4.74 Å². The minimum atomic E-state index is -2.30. The van der Waals surface area contributed by atoms with Crippen molar-refractivity contribution in [3.8, 4) is 0 Å². The van der Waals surface area contributed by atoms with Crippen LogP contribution in [-0.2, 0) is 9.53 Å². The number of ether oxygens (including phenoxy) is 1. The minimum absolute atomic E-state index is 0.165. The Bertz CT molecular complexity index is 391. The van der Waals surface area contributed by atoms with Crippen LogP contribution in [0, 0.1) is 5.41 Å². The van der Waals surface area contributed by atoms with Crippen molar-refractivity contribution in [1.29, 1.82) is 0 Å². The van der Waals surface area contributed by atoms with Gasteiger partial charge in [0.1, 0.15) is 0 Å². The molecule has 1 N–H and O–H groups in total. The van der Waals surface area contributed by atoms with Crippen molar-refractivity contribution in [2.75, 3.05) is 6.61 Å². The zero-order chi connectivity index (χ0) is 20.8. The fourth-order valence-corrected chi connectivity index (χ4v) is 17.7. The third-order valence-corrected chi connectivity index (χ3v) is 19.4. The summed E-state index contributed by atoms with van der Waals surface area (Å²) in [5, 5.41) is 10.4. The van der Waals surface area contributed by atoms with Gasteiger partial charge in [-0.25, -0.2) is 0 Å². The molecule has 27 heavy (non-hydrogen) atoms. The van der Waals surface area contributed by atoms with Crippen LogP contribution < -0.4 is 0 Å². The van der Waals surface area contributed by atoms with Gasteiger partial charge in [-0.2, -0.15) is 0 Å². The van der Waals surface area contributed by atoms with Gasteiger partial charge in [0.15, 0.2) is 0 Å². The first kappa shape index (κ1) is 27.0. The van der Waals surface area contributed by atoms with E-state index in [9.17, 15) is 9.90 Å². The van der Waals surface area contributed by atoms with Gasteiger partial charge in [0.05, 0.1) is 0 Å². The second-order valence-electron chi connectivity index (χ2n) is 9.13. The quantitative estimate of drug-likeness (QED) is 0.159. The summed E-state index contributed by atoms with van der Waals surface area (Å²) in [6, 6.07) is 0. The molecule has 0 heterocycles. The molecule has 0 radical (unpaired) electrons. The maximum absolute atomic E-state index is 11.8. The molecule has 4 heteroatoms. The number of carbonyl (C=O) groups is 1. The summed E-state index contributed by atoms with van der Waals surface area (Å²) >= 11 is -2.30. The monoisotopic (exact) mass is 490 g/mol. The Morgan fingerprint density at radius 1 is 0.963 bits per heavy atom. The fraction of sp³-hybridized carbons (Fsp3) is 0.870. The van der Waals surface area contributed by atoms with Crippen molar-refractivity contribution >= 4 is 24.3 Å². The Labute approximate surface area is 173 Å². The van der Waals surface area contributed by atoms with E-state index in [1.54, 1.807) is 0 Å². The average Bonchev–Trinajstić information content (AvgIpc) is 2.63. The van der Waals surface area contributed by atoms with Crippen molar-refractivity contribution < 1.29 is 14.6 Å². The summed E-state index contributed by atoms with van der Waals surface area (Å²) < 4.78 is 12.1. The molecule has 0 fully saturated rings. The Kier molecular flexibility index (Phi) is 14.9. The number of rotatable bonds is 15. The molecule has 0 rings (SSSR count). The number of esters is 1. The molecule has 0 aromatic carbocycles. The van der Waals surface area contributed by atoms with Crippen molar-refractivity contribution in [2.24, 2.45) is 5.41 Å². The molecule has 1 atom stereocenters. The van der Waals surface area contributed by atoms with E-state index in [1.165, 1.54) is 51.8 Å². The van der Waals surface area contributed by atoms with Crippen LogP contribution in [0.5, 0.6) is 0 Å². The molecule has 0 amide bonds. The standard InChI is InChI=1S/C11H19O3.3C4H9.Sn/c1-5-9(12)7-6-8-14-10(13)11(2,3)4;3*1-3-4-2;/h1,5,9,12H,6-8H2,2-4H3;3*1,3-4H2,2H3;/t9-;;;;/m1..../s1. The second kappa shape index (κ2) is 14.9. The zero-order valence-corrected chi connectivity index (χ0v) is 21.8. The summed E-state index contributed by atoms with van der Waals surface area (Å²) in [5.74, 6) is -0.165. The SMILES string of the molecule is CCC[CH2][Sn](/[CH]=C/[C@@H](O)CCCOC(=O)C(C)(C)C)([CH2]CCC)[CH2]CCC. The van der Waals surface area contributed by atoms with Crippen LogP contribution in [0.3, 0.4) is 0 Å². The summed E-state index contributed by atoms with van der Waals surface area (Å²) in [7, 11) is 0. The first-order chi connectivity index (χ1) is 12.7. The summed E-state index contributed by atoms with van der Waals surface area (Å²) in [6.45, 7) is 12.8. The van der Waals surface area contributed by atoms with E-state index in [-0.39, 0.29) is 5.97 Å². The van der Waals surface area contributed by atoms with Gasteiger partial charge in [-0.3, -0.25) is 0 Å². The number of aliphatic hydroxyl groups is 1. The van der Waals surface area contributed by atoms with Gasteiger partial charge in [0, 0.05) is 0 Å². The molecule has 0 unspecified atom stereocenters. The Balaban J connectivity index is 4.66. The molecule has 0 saturated heterocycles. The third-order valence-electron chi connectivity index (χ3n) is 5.25. The van der Waals surface area contributed by atoms with Gasteiger partial charge in [0.2, 0.25) is 0 Å². The zero-order valence-electron chi connectivity index (χ0n) is 19.0. The maximum atomic E-state index is 11.8. The molecule has 3 nitrogen and oxygen atoms in total. The van der Waals surface area contributed by atoms with Crippen LogP contribution >= 0.6 is 0 Å². The fourth-order valence-electron chi connectivity index (χ4n) is 3.30. The van der Waals surface area contributed by atoms with Gasteiger partial charge < -0.3 is 0 Å². The van der Waals surface area contributed by atoms with E-state index in [1.807, 2.05) is 20.8 Å². The molecule has 0 aromatic heterocycles. The molecule has 0 aliphatic rings. The summed E-state index contributed by atoms with van der Waals surface area (Å²) in [5.41, 5.74) is -0.454. The predicted molar refractivity (Wildman–Crippen MR) is 120 cm³/mol. The molecule has 0 bridgehead atoms. The van der Waals surface area contributed by atoms with Gasteiger partial charge >= 0.3 is 173 Å². The predicted octanol–water partition coefficient (Wildman–Crippen LogP) is 6.66. The van der Waals surface area contributed by atoms with E-state index in [2.05, 4.69) is 30.9 Å². The van der Waals surface area contributed by atoms with Gasteiger partial charge in [0.25, 0.3) is 0 Å². The van der Waals surface area contributed by atoms with Gasteiger partial charge in [-0.05, 0) is 0 Å². The van der Waals surface area contributed by atoms with Crippen LogP contribution in [0.4, 0.5) is 0 Å². The van der Waals surface area contributed by atoms with Crippen LogP contribution in [-0.4, -0.2) is 42.2 Å². The van der Waals surface area contributed by atoms with Crippen LogP contribution in [0.2, 0.25) is 13.3 Å². The molecule has 0 saturated carbocycles. The summed E-state index contributed by atoms with van der Waals surface area (Å²) in [6.07, 6.45) is 10.9. The van der Waals surface area contributed by atoms with Crippen molar-refractivity contribution in [2.45, 2.75) is 112 Å². The first-order valence-electron chi connectivity index (χ1n) is 11.3. The van der Waals surface area contributed by atoms with E-state index in [0.29, 0.717) is 19.4 Å². The summed E-state index contributed by atoms with van der Waals surface area (Å²) in [4.78, 5) is 11.8. The topological polar surface area (TPSA) is 46.5 Å².